The van der Waals surface area contributed by atoms with E-state index in [4.69, 9.17) is 5.73 Å². The molecule has 1 aromatic heterocycles. The third-order valence-corrected chi connectivity index (χ3v) is 2.64. The maximum Gasteiger partial charge on any atom is 0.0597 e. The summed E-state index contributed by atoms with van der Waals surface area (Å²) < 4.78 is 1.88. The van der Waals surface area contributed by atoms with E-state index < -0.39 is 0 Å². The van der Waals surface area contributed by atoms with E-state index in [0.29, 0.717) is 5.92 Å². The van der Waals surface area contributed by atoms with E-state index in [0.717, 1.165) is 17.8 Å². The van der Waals surface area contributed by atoms with Crippen LogP contribution < -0.4 is 5.73 Å². The lowest BCUT2D eigenvalue weighted by Crippen LogP contribution is -2.21. The van der Waals surface area contributed by atoms with Crippen LogP contribution in [0.2, 0.25) is 0 Å². The molecule has 0 bridgehead atoms. The molecule has 0 amide bonds. The molecule has 0 saturated carbocycles. The molecule has 1 heterocycles. The molecule has 0 aliphatic heterocycles. The highest BCUT2D eigenvalue weighted by atomic mass is 15.3. The Morgan fingerprint density at radius 1 is 1.62 bits per heavy atom. The van der Waals surface area contributed by atoms with Crippen molar-refractivity contribution in [2.24, 2.45) is 18.7 Å². The first-order valence-electron chi connectivity index (χ1n) is 4.82. The monoisotopic (exact) mass is 181 g/mol. The van der Waals surface area contributed by atoms with Crippen LogP contribution in [0.25, 0.3) is 0 Å². The minimum Gasteiger partial charge on any atom is -0.322 e. The van der Waals surface area contributed by atoms with Crippen LogP contribution in [0.3, 0.4) is 0 Å². The lowest BCUT2D eigenvalue weighted by atomic mass is 9.97. The Morgan fingerprint density at radius 2 is 2.23 bits per heavy atom. The van der Waals surface area contributed by atoms with Gasteiger partial charge in [0.05, 0.1) is 11.4 Å². The Kier molecular flexibility index (Phi) is 3.09. The summed E-state index contributed by atoms with van der Waals surface area (Å²) in [6, 6.07) is 2.17. The molecular formula is C10H19N3. The molecule has 0 spiro atoms. The number of nitrogens with two attached hydrogens (primary N) is 1. The van der Waals surface area contributed by atoms with Crippen LogP contribution in [-0.4, -0.2) is 9.78 Å². The Hall–Kier alpha value is -0.830. The minimum absolute atomic E-state index is 0.108. The standard InChI is InChI=1S/C10H19N3/c1-5-7(2)10(11)9-6-8(3)12-13(9)4/h6-7,10H,5,11H2,1-4H3. The van der Waals surface area contributed by atoms with Gasteiger partial charge in [0.2, 0.25) is 0 Å². The van der Waals surface area contributed by atoms with Gasteiger partial charge in [0.15, 0.2) is 0 Å². The first-order valence-corrected chi connectivity index (χ1v) is 4.82. The van der Waals surface area contributed by atoms with Gasteiger partial charge in [-0.05, 0) is 18.9 Å². The number of rotatable bonds is 3. The number of nitrogens with zero attached hydrogens (tertiary/aromatic N) is 2. The number of aryl methyl sites for hydroxylation is 2. The predicted octanol–water partition coefficient (Wildman–Crippen LogP) is 1.77. The van der Waals surface area contributed by atoms with Crippen molar-refractivity contribution >= 4 is 0 Å². The molecule has 3 nitrogen and oxygen atoms in total. The average molecular weight is 181 g/mol. The summed E-state index contributed by atoms with van der Waals surface area (Å²) in [6.45, 7) is 6.33. The summed E-state index contributed by atoms with van der Waals surface area (Å²) in [4.78, 5) is 0. The van der Waals surface area contributed by atoms with Gasteiger partial charge in [-0.1, -0.05) is 20.3 Å². The van der Waals surface area contributed by atoms with Crippen LogP contribution in [-0.2, 0) is 7.05 Å². The van der Waals surface area contributed by atoms with E-state index in [1.165, 1.54) is 0 Å². The first-order chi connectivity index (χ1) is 6.06. The van der Waals surface area contributed by atoms with Crippen LogP contribution in [0.15, 0.2) is 6.07 Å². The third-order valence-electron chi connectivity index (χ3n) is 2.64. The SMILES string of the molecule is CCC(C)C(N)c1cc(C)nn1C. The van der Waals surface area contributed by atoms with Crippen LogP contribution in [0, 0.1) is 12.8 Å². The summed E-state index contributed by atoms with van der Waals surface area (Å²) in [6.07, 6.45) is 1.10. The maximum atomic E-state index is 6.10. The maximum absolute atomic E-state index is 6.10. The van der Waals surface area contributed by atoms with E-state index in [-0.39, 0.29) is 6.04 Å². The van der Waals surface area contributed by atoms with Crippen molar-refractivity contribution in [1.82, 2.24) is 9.78 Å². The molecule has 1 rings (SSSR count). The highest BCUT2D eigenvalue weighted by Crippen LogP contribution is 2.21. The van der Waals surface area contributed by atoms with Crippen LogP contribution >= 0.6 is 0 Å². The van der Waals surface area contributed by atoms with Gasteiger partial charge in [-0.3, -0.25) is 4.68 Å². The fourth-order valence-electron chi connectivity index (χ4n) is 1.49. The molecule has 1 aromatic rings. The van der Waals surface area contributed by atoms with Crippen molar-refractivity contribution in [1.29, 1.82) is 0 Å². The highest BCUT2D eigenvalue weighted by Gasteiger charge is 2.16. The molecule has 0 radical (unpaired) electrons. The molecule has 2 atom stereocenters. The Balaban J connectivity index is 2.87. The van der Waals surface area contributed by atoms with Gasteiger partial charge in [0.25, 0.3) is 0 Å². The van der Waals surface area contributed by atoms with Crippen LogP contribution in [0.1, 0.15) is 37.7 Å². The van der Waals surface area contributed by atoms with Crippen molar-refractivity contribution in [3.63, 3.8) is 0 Å². The van der Waals surface area contributed by atoms with Gasteiger partial charge in [0.1, 0.15) is 0 Å². The van der Waals surface area contributed by atoms with Crippen molar-refractivity contribution in [3.8, 4) is 0 Å². The van der Waals surface area contributed by atoms with E-state index in [1.54, 1.807) is 0 Å². The molecule has 0 aromatic carbocycles. The summed E-state index contributed by atoms with van der Waals surface area (Å²) in [5, 5.41) is 4.29. The van der Waals surface area contributed by atoms with Crippen molar-refractivity contribution < 1.29 is 0 Å². The van der Waals surface area contributed by atoms with Gasteiger partial charge in [-0.15, -0.1) is 0 Å². The highest BCUT2D eigenvalue weighted by molar-refractivity contribution is 5.13. The second kappa shape index (κ2) is 3.92. The largest absolute Gasteiger partial charge is 0.322 e. The molecule has 2 N–H and O–H groups in total. The zero-order chi connectivity index (χ0) is 10.0. The molecule has 3 heteroatoms. The molecule has 74 valence electrons. The predicted molar refractivity (Wildman–Crippen MR) is 54.3 cm³/mol. The van der Waals surface area contributed by atoms with Crippen molar-refractivity contribution in [3.05, 3.63) is 17.5 Å². The smallest absolute Gasteiger partial charge is 0.0597 e. The zero-order valence-electron chi connectivity index (χ0n) is 8.91. The topological polar surface area (TPSA) is 43.8 Å². The molecule has 0 aliphatic rings. The lowest BCUT2D eigenvalue weighted by Gasteiger charge is -2.18. The second-order valence-corrected chi connectivity index (χ2v) is 3.75. The Labute approximate surface area is 79.9 Å². The zero-order valence-corrected chi connectivity index (χ0v) is 8.91. The molecule has 0 fully saturated rings. The van der Waals surface area contributed by atoms with Crippen LogP contribution in [0.4, 0.5) is 0 Å². The number of hydrogen-bond acceptors (Lipinski definition) is 2. The van der Waals surface area contributed by atoms with Crippen molar-refractivity contribution in [2.75, 3.05) is 0 Å². The van der Waals surface area contributed by atoms with E-state index in [2.05, 4.69) is 25.0 Å². The van der Waals surface area contributed by atoms with E-state index >= 15 is 0 Å². The van der Waals surface area contributed by atoms with Gasteiger partial charge in [0, 0.05) is 13.1 Å². The Bertz CT molecular complexity index is 278. The molecular weight excluding hydrogens is 162 g/mol. The number of aromatic nitrogens is 2. The quantitative estimate of drug-likeness (QED) is 0.772. The minimum atomic E-state index is 0.108. The Morgan fingerprint density at radius 3 is 2.62 bits per heavy atom. The fraction of sp³-hybridized carbons (Fsp3) is 0.700. The van der Waals surface area contributed by atoms with E-state index in [9.17, 15) is 0 Å². The van der Waals surface area contributed by atoms with E-state index in [1.807, 2.05) is 18.7 Å². The fourth-order valence-corrected chi connectivity index (χ4v) is 1.49. The third kappa shape index (κ3) is 2.10. The summed E-state index contributed by atoms with van der Waals surface area (Å²) in [5.74, 6) is 0.509. The van der Waals surface area contributed by atoms with Crippen LogP contribution in [0.5, 0.6) is 0 Å². The van der Waals surface area contributed by atoms with Gasteiger partial charge in [-0.2, -0.15) is 5.10 Å². The molecule has 2 unspecified atom stereocenters. The normalized spacial score (nSPS) is 15.8. The van der Waals surface area contributed by atoms with Crippen molar-refractivity contribution in [2.45, 2.75) is 33.2 Å². The number of hydrogen-bond donors (Lipinski definition) is 1. The summed E-state index contributed by atoms with van der Waals surface area (Å²) in [5.41, 5.74) is 8.27. The lowest BCUT2D eigenvalue weighted by molar-refractivity contribution is 0.433. The first kappa shape index (κ1) is 10.3. The molecule has 13 heavy (non-hydrogen) atoms. The van der Waals surface area contributed by atoms with Gasteiger partial charge >= 0.3 is 0 Å². The average Bonchev–Trinajstić information content (AvgIpc) is 2.42. The molecule has 0 aliphatic carbocycles. The van der Waals surface area contributed by atoms with Gasteiger partial charge < -0.3 is 5.73 Å². The van der Waals surface area contributed by atoms with Gasteiger partial charge in [-0.25, -0.2) is 0 Å². The molecule has 0 saturated heterocycles. The second-order valence-electron chi connectivity index (χ2n) is 3.75. The summed E-state index contributed by atoms with van der Waals surface area (Å²) in [7, 11) is 1.95. The summed E-state index contributed by atoms with van der Waals surface area (Å²) >= 11 is 0.